The monoisotopic (exact) mass is 388 g/mol. The van der Waals surface area contributed by atoms with Gasteiger partial charge in [0.1, 0.15) is 0 Å². The van der Waals surface area contributed by atoms with Crippen LogP contribution in [0.1, 0.15) is 16.1 Å². The van der Waals surface area contributed by atoms with Gasteiger partial charge in [0.05, 0.1) is 16.3 Å². The van der Waals surface area contributed by atoms with Gasteiger partial charge in [-0.05, 0) is 23.6 Å². The molecule has 0 bridgehead atoms. The zero-order valence-electron chi connectivity index (χ0n) is 12.9. The zero-order valence-corrected chi connectivity index (χ0v) is 14.6. The second kappa shape index (κ2) is 8.91. The Morgan fingerprint density at radius 2 is 1.88 bits per heavy atom. The van der Waals surface area contributed by atoms with Crippen molar-refractivity contribution in [1.82, 2.24) is 5.32 Å². The van der Waals surface area contributed by atoms with E-state index in [0.717, 1.165) is 0 Å². The van der Waals surface area contributed by atoms with Gasteiger partial charge < -0.3 is 10.6 Å². The lowest BCUT2D eigenvalue weighted by molar-refractivity contribution is -0.116. The van der Waals surface area contributed by atoms with Gasteiger partial charge >= 0.3 is 6.18 Å². The Morgan fingerprint density at radius 3 is 2.56 bits per heavy atom. The number of hydrogen-bond donors (Lipinski definition) is 2. The van der Waals surface area contributed by atoms with E-state index in [1.54, 1.807) is 35.7 Å². The minimum Gasteiger partial charge on any atom is -0.351 e. The minimum absolute atomic E-state index is 0.0232. The van der Waals surface area contributed by atoms with E-state index < -0.39 is 11.9 Å². The molecule has 1 aromatic heterocycles. The van der Waals surface area contributed by atoms with Crippen molar-refractivity contribution in [1.29, 1.82) is 0 Å². The number of nitrogens with one attached hydrogen (secondary N) is 2. The molecule has 0 radical (unpaired) electrons. The van der Waals surface area contributed by atoms with Gasteiger partial charge in [-0.15, -0.1) is 23.1 Å². The highest BCUT2D eigenvalue weighted by Gasteiger charge is 2.27. The molecule has 134 valence electrons. The van der Waals surface area contributed by atoms with Crippen LogP contribution in [0.5, 0.6) is 0 Å². The molecule has 0 saturated carbocycles. The van der Waals surface area contributed by atoms with Crippen molar-refractivity contribution in [2.24, 2.45) is 0 Å². The molecule has 0 unspecified atom stereocenters. The fourth-order valence-electron chi connectivity index (χ4n) is 1.85. The Morgan fingerprint density at radius 1 is 1.12 bits per heavy atom. The molecule has 0 aliphatic rings. The van der Waals surface area contributed by atoms with Gasteiger partial charge in [-0.3, -0.25) is 9.59 Å². The molecular weight excluding hydrogens is 373 g/mol. The van der Waals surface area contributed by atoms with Gasteiger partial charge in [0.15, 0.2) is 0 Å². The number of para-hydroxylation sites is 1. The molecule has 2 amide bonds. The highest BCUT2D eigenvalue weighted by atomic mass is 32.2. The first-order valence-electron chi connectivity index (χ1n) is 7.25. The van der Waals surface area contributed by atoms with Crippen molar-refractivity contribution in [2.45, 2.75) is 17.5 Å². The number of benzene rings is 1. The lowest BCUT2D eigenvalue weighted by atomic mass is 10.3. The van der Waals surface area contributed by atoms with Crippen LogP contribution in [0, 0.1) is 0 Å². The van der Waals surface area contributed by atoms with Gasteiger partial charge in [0.25, 0.3) is 5.91 Å². The van der Waals surface area contributed by atoms with Gasteiger partial charge in [-0.1, -0.05) is 18.2 Å². The molecule has 1 heterocycles. The molecule has 0 aliphatic heterocycles. The molecule has 25 heavy (non-hydrogen) atoms. The number of anilines is 1. The van der Waals surface area contributed by atoms with E-state index in [0.29, 0.717) is 27.2 Å². The summed E-state index contributed by atoms with van der Waals surface area (Å²) >= 11 is 1.91. The average Bonchev–Trinajstić information content (AvgIpc) is 3.07. The van der Waals surface area contributed by atoms with Crippen molar-refractivity contribution in [3.05, 3.63) is 46.7 Å². The normalized spacial score (nSPS) is 11.2. The second-order valence-electron chi connectivity index (χ2n) is 4.93. The summed E-state index contributed by atoms with van der Waals surface area (Å²) in [7, 11) is 0. The highest BCUT2D eigenvalue weighted by molar-refractivity contribution is 7.99. The molecule has 0 spiro atoms. The SMILES string of the molecule is O=C(CCNC(=O)c1cccs1)Nc1ccccc1SCC(F)(F)F. The highest BCUT2D eigenvalue weighted by Crippen LogP contribution is 2.32. The Hall–Kier alpha value is -2.00. The van der Waals surface area contributed by atoms with Crippen molar-refractivity contribution in [3.8, 4) is 0 Å². The van der Waals surface area contributed by atoms with Crippen LogP contribution in [0.4, 0.5) is 18.9 Å². The number of carbonyl (C=O) groups is 2. The molecule has 0 saturated heterocycles. The Kier molecular flexibility index (Phi) is 6.89. The first-order valence-corrected chi connectivity index (χ1v) is 9.12. The summed E-state index contributed by atoms with van der Waals surface area (Å²) in [6, 6.07) is 9.73. The summed E-state index contributed by atoms with van der Waals surface area (Å²) in [6.45, 7) is 0.139. The molecule has 2 rings (SSSR count). The lowest BCUT2D eigenvalue weighted by Crippen LogP contribution is -2.27. The number of amides is 2. The average molecular weight is 388 g/mol. The minimum atomic E-state index is -4.28. The third-order valence-electron chi connectivity index (χ3n) is 2.94. The van der Waals surface area contributed by atoms with Gasteiger partial charge in [0, 0.05) is 17.9 Å². The standard InChI is InChI=1S/C16H15F3N2O2S2/c17-16(18,19)10-25-12-5-2-1-4-11(12)21-14(22)7-8-20-15(23)13-6-3-9-24-13/h1-6,9H,7-8,10H2,(H,20,23)(H,21,22). The van der Waals surface area contributed by atoms with Crippen LogP contribution in [-0.4, -0.2) is 30.3 Å². The maximum atomic E-state index is 12.3. The number of hydrogen-bond acceptors (Lipinski definition) is 4. The van der Waals surface area contributed by atoms with E-state index in [2.05, 4.69) is 10.6 Å². The van der Waals surface area contributed by atoms with Crippen molar-refractivity contribution >= 4 is 40.6 Å². The van der Waals surface area contributed by atoms with Gasteiger partial charge in [-0.2, -0.15) is 13.2 Å². The smallest absolute Gasteiger partial charge is 0.351 e. The molecule has 0 fully saturated rings. The number of thioether (sulfide) groups is 1. The maximum absolute atomic E-state index is 12.3. The summed E-state index contributed by atoms with van der Waals surface area (Å²) in [5.74, 6) is -1.67. The van der Waals surface area contributed by atoms with Gasteiger partial charge in [-0.25, -0.2) is 0 Å². The topological polar surface area (TPSA) is 58.2 Å². The molecule has 9 heteroatoms. The molecule has 2 N–H and O–H groups in total. The number of rotatable bonds is 7. The number of alkyl halides is 3. The van der Waals surface area contributed by atoms with Crippen LogP contribution in [0.3, 0.4) is 0 Å². The summed E-state index contributed by atoms with van der Waals surface area (Å²) in [5.41, 5.74) is 0.325. The summed E-state index contributed by atoms with van der Waals surface area (Å²) in [4.78, 5) is 24.6. The summed E-state index contributed by atoms with van der Waals surface area (Å²) < 4.78 is 37.0. The predicted octanol–water partition coefficient (Wildman–Crippen LogP) is 4.16. The van der Waals surface area contributed by atoms with E-state index >= 15 is 0 Å². The van der Waals surface area contributed by atoms with E-state index in [9.17, 15) is 22.8 Å². The lowest BCUT2D eigenvalue weighted by Gasteiger charge is -2.12. The Labute approximate surface area is 150 Å². The zero-order chi connectivity index (χ0) is 18.3. The fraction of sp³-hybridized carbons (Fsp3) is 0.250. The van der Waals surface area contributed by atoms with E-state index in [4.69, 9.17) is 0 Å². The van der Waals surface area contributed by atoms with Crippen molar-refractivity contribution in [2.75, 3.05) is 17.6 Å². The number of halogens is 3. The maximum Gasteiger partial charge on any atom is 0.398 e. The predicted molar refractivity (Wildman–Crippen MR) is 93.1 cm³/mol. The Bertz CT molecular complexity index is 718. The third-order valence-corrected chi connectivity index (χ3v) is 4.94. The quantitative estimate of drug-likeness (QED) is 0.700. The van der Waals surface area contributed by atoms with Crippen LogP contribution in [-0.2, 0) is 4.79 Å². The number of thiophene rings is 1. The molecule has 0 atom stereocenters. The second-order valence-corrected chi connectivity index (χ2v) is 6.90. The summed E-state index contributed by atoms with van der Waals surface area (Å²) in [5, 5.41) is 6.97. The molecule has 2 aromatic rings. The first kappa shape index (κ1) is 19.3. The van der Waals surface area contributed by atoms with Crippen LogP contribution >= 0.6 is 23.1 Å². The van der Waals surface area contributed by atoms with Gasteiger partial charge in [0.2, 0.25) is 5.91 Å². The largest absolute Gasteiger partial charge is 0.398 e. The third kappa shape index (κ3) is 6.79. The summed E-state index contributed by atoms with van der Waals surface area (Å²) in [6.07, 6.45) is -4.26. The number of carbonyl (C=O) groups excluding carboxylic acids is 2. The van der Waals surface area contributed by atoms with E-state index in [1.807, 2.05) is 0 Å². The van der Waals surface area contributed by atoms with E-state index in [-0.39, 0.29) is 24.8 Å². The van der Waals surface area contributed by atoms with Crippen LogP contribution in [0.25, 0.3) is 0 Å². The van der Waals surface area contributed by atoms with Crippen LogP contribution in [0.2, 0.25) is 0 Å². The molecular formula is C16H15F3N2O2S2. The molecule has 0 aliphatic carbocycles. The van der Waals surface area contributed by atoms with Crippen LogP contribution < -0.4 is 10.6 Å². The molecule has 4 nitrogen and oxygen atoms in total. The van der Waals surface area contributed by atoms with Crippen molar-refractivity contribution < 1.29 is 22.8 Å². The van der Waals surface area contributed by atoms with Crippen LogP contribution in [0.15, 0.2) is 46.7 Å². The first-order chi connectivity index (χ1) is 11.8. The van der Waals surface area contributed by atoms with Crippen molar-refractivity contribution in [3.63, 3.8) is 0 Å². The fourth-order valence-corrected chi connectivity index (χ4v) is 3.26. The molecule has 1 aromatic carbocycles. The van der Waals surface area contributed by atoms with E-state index in [1.165, 1.54) is 17.4 Å². The Balaban J connectivity index is 1.83.